The van der Waals surface area contributed by atoms with Crippen molar-refractivity contribution in [3.63, 3.8) is 0 Å². The quantitative estimate of drug-likeness (QED) is 0.594. The van der Waals surface area contributed by atoms with Gasteiger partial charge >= 0.3 is 0 Å². The predicted molar refractivity (Wildman–Crippen MR) is 84.9 cm³/mol. The van der Waals surface area contributed by atoms with E-state index >= 15 is 0 Å². The number of benzene rings is 1. The van der Waals surface area contributed by atoms with Crippen molar-refractivity contribution in [2.45, 2.75) is 30.2 Å². The first-order chi connectivity index (χ1) is 10.1. The normalized spacial score (nSPS) is 22.6. The number of carbonyl (C=O) groups excluding carboxylic acids is 1. The maximum atomic E-state index is 12.8. The largest absolute Gasteiger partial charge is 0.396 e. The van der Waals surface area contributed by atoms with Crippen LogP contribution in [0.25, 0.3) is 0 Å². The van der Waals surface area contributed by atoms with E-state index in [0.717, 1.165) is 29.8 Å². The van der Waals surface area contributed by atoms with Crippen LogP contribution >= 0.6 is 11.8 Å². The van der Waals surface area contributed by atoms with Crippen LogP contribution in [-0.2, 0) is 0 Å². The topological polar surface area (TPSA) is 60.8 Å². The highest BCUT2D eigenvalue weighted by molar-refractivity contribution is 7.99. The van der Waals surface area contributed by atoms with Crippen molar-refractivity contribution in [3.8, 4) is 0 Å². The molecule has 0 amide bonds. The van der Waals surface area contributed by atoms with Gasteiger partial charge in [-0.05, 0) is 38.4 Å². The van der Waals surface area contributed by atoms with Gasteiger partial charge in [0.1, 0.15) is 0 Å². The number of Topliss-reactive ketones (excluding diaryl/α,β-unsaturated/α-hetero) is 1. The van der Waals surface area contributed by atoms with Gasteiger partial charge in [0.05, 0.1) is 18.8 Å². The second-order valence-corrected chi connectivity index (χ2v) is 6.68. The number of hydrogen-bond donors (Lipinski definition) is 2. The summed E-state index contributed by atoms with van der Waals surface area (Å²) in [6, 6.07) is 7.59. The predicted octanol–water partition coefficient (Wildman–Crippen LogP) is 1.80. The molecule has 1 fully saturated rings. The van der Waals surface area contributed by atoms with Crippen molar-refractivity contribution in [1.82, 2.24) is 4.90 Å². The highest BCUT2D eigenvalue weighted by Crippen LogP contribution is 2.32. The lowest BCUT2D eigenvalue weighted by atomic mass is 9.88. The summed E-state index contributed by atoms with van der Waals surface area (Å²) in [7, 11) is 0. The standard InChI is InChI=1S/C16H23NO3S/c1-16(7-2-8-17(16)9-10-18)15(20)13-3-5-14(6-4-13)21-12-11-19/h3-6,18-19H,2,7-12H2,1H3. The average molecular weight is 309 g/mol. The summed E-state index contributed by atoms with van der Waals surface area (Å²) in [6.07, 6.45) is 1.83. The van der Waals surface area contributed by atoms with E-state index in [1.54, 1.807) is 11.8 Å². The Kier molecular flexibility index (Phi) is 5.81. The number of likely N-dealkylation sites (tertiary alicyclic amines) is 1. The Balaban J connectivity index is 2.11. The molecule has 1 aromatic rings. The molecule has 1 unspecified atom stereocenters. The Morgan fingerprint density at radius 2 is 2.00 bits per heavy atom. The first-order valence-corrected chi connectivity index (χ1v) is 8.35. The summed E-state index contributed by atoms with van der Waals surface area (Å²) in [4.78, 5) is 16.0. The zero-order valence-corrected chi connectivity index (χ0v) is 13.2. The van der Waals surface area contributed by atoms with Crippen molar-refractivity contribution in [2.24, 2.45) is 0 Å². The Hall–Kier alpha value is -0.880. The smallest absolute Gasteiger partial charge is 0.182 e. The molecule has 2 N–H and O–H groups in total. The highest BCUT2D eigenvalue weighted by Gasteiger charge is 2.42. The van der Waals surface area contributed by atoms with E-state index < -0.39 is 5.54 Å². The molecule has 1 atom stereocenters. The third-order valence-corrected chi connectivity index (χ3v) is 5.12. The van der Waals surface area contributed by atoms with Crippen LogP contribution < -0.4 is 0 Å². The molecule has 4 nitrogen and oxygen atoms in total. The van der Waals surface area contributed by atoms with Crippen LogP contribution in [0.1, 0.15) is 30.1 Å². The van der Waals surface area contributed by atoms with E-state index in [1.807, 2.05) is 31.2 Å². The lowest BCUT2D eigenvalue weighted by Crippen LogP contribution is -2.49. The van der Waals surface area contributed by atoms with Crippen LogP contribution in [-0.4, -0.2) is 58.5 Å². The van der Waals surface area contributed by atoms with Crippen LogP contribution in [0, 0.1) is 0 Å². The van der Waals surface area contributed by atoms with Crippen LogP contribution in [0.5, 0.6) is 0 Å². The van der Waals surface area contributed by atoms with E-state index in [1.165, 1.54) is 0 Å². The van der Waals surface area contributed by atoms with Crippen molar-refractivity contribution in [1.29, 1.82) is 0 Å². The lowest BCUT2D eigenvalue weighted by Gasteiger charge is -2.33. The lowest BCUT2D eigenvalue weighted by molar-refractivity contribution is 0.0666. The number of ketones is 1. The van der Waals surface area contributed by atoms with Gasteiger partial charge in [0.2, 0.25) is 0 Å². The molecule has 1 heterocycles. The third-order valence-electron chi connectivity index (χ3n) is 4.13. The molecular formula is C16H23NO3S. The van der Waals surface area contributed by atoms with Gasteiger partial charge in [-0.25, -0.2) is 0 Å². The van der Waals surface area contributed by atoms with Crippen LogP contribution in [0.2, 0.25) is 0 Å². The summed E-state index contributed by atoms with van der Waals surface area (Å²) < 4.78 is 0. The molecule has 21 heavy (non-hydrogen) atoms. The number of β-amino-alcohol motifs (C(OH)–C–C–N with tert-alkyl or cyclic N) is 1. The molecule has 5 heteroatoms. The minimum Gasteiger partial charge on any atom is -0.396 e. The molecule has 1 aromatic carbocycles. The number of carbonyl (C=O) groups is 1. The van der Waals surface area contributed by atoms with Gasteiger partial charge in [-0.2, -0.15) is 0 Å². The second kappa shape index (κ2) is 7.40. The van der Waals surface area contributed by atoms with E-state index in [2.05, 4.69) is 4.90 Å². The molecule has 1 aliphatic rings. The van der Waals surface area contributed by atoms with Gasteiger partial charge in [0.25, 0.3) is 0 Å². The second-order valence-electron chi connectivity index (χ2n) is 5.51. The Bertz CT molecular complexity index is 477. The summed E-state index contributed by atoms with van der Waals surface area (Å²) in [5.41, 5.74) is 0.221. The summed E-state index contributed by atoms with van der Waals surface area (Å²) in [5.74, 6) is 0.794. The molecule has 0 aliphatic carbocycles. The fourth-order valence-electron chi connectivity index (χ4n) is 2.93. The van der Waals surface area contributed by atoms with Crippen LogP contribution in [0.4, 0.5) is 0 Å². The van der Waals surface area contributed by atoms with E-state index in [9.17, 15) is 4.79 Å². The number of nitrogens with zero attached hydrogens (tertiary/aromatic N) is 1. The zero-order chi connectivity index (χ0) is 15.3. The Morgan fingerprint density at radius 1 is 1.29 bits per heavy atom. The number of hydrogen-bond acceptors (Lipinski definition) is 5. The Morgan fingerprint density at radius 3 is 2.62 bits per heavy atom. The molecule has 0 radical (unpaired) electrons. The first kappa shape index (κ1) is 16.5. The molecular weight excluding hydrogens is 286 g/mol. The van der Waals surface area contributed by atoms with Crippen molar-refractivity contribution < 1.29 is 15.0 Å². The van der Waals surface area contributed by atoms with E-state index in [0.29, 0.717) is 12.3 Å². The molecule has 0 saturated carbocycles. The monoisotopic (exact) mass is 309 g/mol. The molecule has 1 aliphatic heterocycles. The zero-order valence-electron chi connectivity index (χ0n) is 12.4. The van der Waals surface area contributed by atoms with Crippen LogP contribution in [0.15, 0.2) is 29.2 Å². The number of aliphatic hydroxyl groups is 2. The van der Waals surface area contributed by atoms with Gasteiger partial charge in [0.15, 0.2) is 5.78 Å². The van der Waals surface area contributed by atoms with Gasteiger partial charge in [-0.1, -0.05) is 12.1 Å². The van der Waals surface area contributed by atoms with Crippen molar-refractivity contribution in [2.75, 3.05) is 32.1 Å². The van der Waals surface area contributed by atoms with Gasteiger partial charge in [-0.15, -0.1) is 11.8 Å². The summed E-state index contributed by atoms with van der Waals surface area (Å²) >= 11 is 1.58. The molecule has 2 rings (SSSR count). The minimum absolute atomic E-state index is 0.0829. The Labute approximate surface area is 130 Å². The van der Waals surface area contributed by atoms with Gasteiger partial charge < -0.3 is 10.2 Å². The fourth-order valence-corrected chi connectivity index (χ4v) is 3.59. The van der Waals surface area contributed by atoms with E-state index in [4.69, 9.17) is 10.2 Å². The maximum absolute atomic E-state index is 12.8. The van der Waals surface area contributed by atoms with E-state index in [-0.39, 0.29) is 19.0 Å². The maximum Gasteiger partial charge on any atom is 0.182 e. The first-order valence-electron chi connectivity index (χ1n) is 7.36. The molecule has 0 spiro atoms. The number of rotatable bonds is 7. The molecule has 116 valence electrons. The van der Waals surface area contributed by atoms with Gasteiger partial charge in [0, 0.05) is 22.8 Å². The highest BCUT2D eigenvalue weighted by atomic mass is 32.2. The average Bonchev–Trinajstić information content (AvgIpc) is 2.88. The molecule has 0 bridgehead atoms. The minimum atomic E-state index is -0.498. The number of aliphatic hydroxyl groups excluding tert-OH is 2. The SMILES string of the molecule is CC1(C(=O)c2ccc(SCCO)cc2)CCCN1CCO. The van der Waals surface area contributed by atoms with Gasteiger partial charge in [-0.3, -0.25) is 9.69 Å². The molecule has 0 aromatic heterocycles. The fraction of sp³-hybridized carbons (Fsp3) is 0.562. The number of thioether (sulfide) groups is 1. The summed E-state index contributed by atoms with van der Waals surface area (Å²) in [5, 5.41) is 18.0. The van der Waals surface area contributed by atoms with Crippen LogP contribution in [0.3, 0.4) is 0 Å². The molecule has 1 saturated heterocycles. The van der Waals surface area contributed by atoms with Crippen molar-refractivity contribution in [3.05, 3.63) is 29.8 Å². The third kappa shape index (κ3) is 3.66. The summed E-state index contributed by atoms with van der Waals surface area (Å²) in [6.45, 7) is 3.63. The van der Waals surface area contributed by atoms with Crippen molar-refractivity contribution >= 4 is 17.5 Å².